The molecule has 0 unspecified atom stereocenters. The predicted octanol–water partition coefficient (Wildman–Crippen LogP) is 2.58. The summed E-state index contributed by atoms with van der Waals surface area (Å²) in [6, 6.07) is 6.43. The van der Waals surface area contributed by atoms with E-state index in [2.05, 4.69) is 10.0 Å². The summed E-state index contributed by atoms with van der Waals surface area (Å²) in [6.07, 6.45) is 4.14. The number of unbranched alkanes of at least 4 members (excludes halogenated alkanes) is 1. The van der Waals surface area contributed by atoms with Crippen LogP contribution < -0.4 is 10.0 Å². The predicted molar refractivity (Wildman–Crippen MR) is 83.6 cm³/mol. The summed E-state index contributed by atoms with van der Waals surface area (Å²) in [5, 5.41) is 3.39. The normalized spacial score (nSPS) is 15.3. The lowest BCUT2D eigenvalue weighted by atomic mass is 10.1. The Morgan fingerprint density at radius 3 is 2.60 bits per heavy atom. The van der Waals surface area contributed by atoms with Crippen LogP contribution in [0.15, 0.2) is 18.2 Å². The zero-order valence-electron chi connectivity index (χ0n) is 12.3. The highest BCUT2D eigenvalue weighted by Gasteiger charge is 2.19. The van der Waals surface area contributed by atoms with Gasteiger partial charge in [-0.1, -0.05) is 17.7 Å². The first-order chi connectivity index (χ1) is 9.46. The zero-order chi connectivity index (χ0) is 14.6. The van der Waals surface area contributed by atoms with Gasteiger partial charge in [0.05, 0.1) is 11.4 Å². The van der Waals surface area contributed by atoms with Gasteiger partial charge in [0.2, 0.25) is 10.0 Å². The average Bonchev–Trinajstić information content (AvgIpc) is 3.16. The molecule has 4 nitrogen and oxygen atoms in total. The molecule has 0 heterocycles. The van der Waals surface area contributed by atoms with Crippen molar-refractivity contribution in [1.82, 2.24) is 5.32 Å². The van der Waals surface area contributed by atoms with E-state index in [-0.39, 0.29) is 5.75 Å². The lowest BCUT2D eigenvalue weighted by molar-refractivity contribution is 0.591. The van der Waals surface area contributed by atoms with E-state index in [4.69, 9.17) is 0 Å². The molecular weight excluding hydrogens is 272 g/mol. The Kier molecular flexibility index (Phi) is 5.05. The molecule has 5 heteroatoms. The first-order valence-electron chi connectivity index (χ1n) is 7.27. The van der Waals surface area contributed by atoms with Crippen LogP contribution in [0.5, 0.6) is 0 Å². The zero-order valence-corrected chi connectivity index (χ0v) is 13.1. The summed E-state index contributed by atoms with van der Waals surface area (Å²) in [5.41, 5.74) is 2.78. The number of sulfonamides is 1. The van der Waals surface area contributed by atoms with Crippen molar-refractivity contribution in [2.24, 2.45) is 0 Å². The second-order valence-corrected chi connectivity index (χ2v) is 7.52. The van der Waals surface area contributed by atoms with E-state index in [0.717, 1.165) is 24.1 Å². The molecule has 0 bridgehead atoms. The average molecular weight is 296 g/mol. The fourth-order valence-electron chi connectivity index (χ4n) is 2.16. The van der Waals surface area contributed by atoms with E-state index in [0.29, 0.717) is 18.2 Å². The van der Waals surface area contributed by atoms with Gasteiger partial charge in [-0.25, -0.2) is 8.42 Å². The van der Waals surface area contributed by atoms with Crippen molar-refractivity contribution in [3.8, 4) is 0 Å². The van der Waals surface area contributed by atoms with Crippen molar-refractivity contribution in [3.05, 3.63) is 29.3 Å². The molecular formula is C15H24N2O2S. The highest BCUT2D eigenvalue weighted by atomic mass is 32.2. The molecule has 0 amide bonds. The van der Waals surface area contributed by atoms with Crippen molar-refractivity contribution >= 4 is 15.7 Å². The molecule has 1 aromatic rings. The molecule has 1 fully saturated rings. The van der Waals surface area contributed by atoms with Crippen LogP contribution in [0.1, 0.15) is 36.8 Å². The summed E-state index contributed by atoms with van der Waals surface area (Å²) in [5.74, 6) is 0.187. The second-order valence-electron chi connectivity index (χ2n) is 5.67. The van der Waals surface area contributed by atoms with Crippen LogP contribution in [0.3, 0.4) is 0 Å². The Labute approximate surface area is 122 Å². The molecule has 0 aromatic heterocycles. The van der Waals surface area contributed by atoms with Gasteiger partial charge in [-0.15, -0.1) is 0 Å². The summed E-state index contributed by atoms with van der Waals surface area (Å²) < 4.78 is 26.7. The first-order valence-corrected chi connectivity index (χ1v) is 8.93. The van der Waals surface area contributed by atoms with Gasteiger partial charge in [0.1, 0.15) is 0 Å². The van der Waals surface area contributed by atoms with E-state index >= 15 is 0 Å². The van der Waals surface area contributed by atoms with E-state index < -0.39 is 10.0 Å². The van der Waals surface area contributed by atoms with Crippen molar-refractivity contribution in [3.63, 3.8) is 0 Å². The number of anilines is 1. The highest BCUT2D eigenvalue weighted by Crippen LogP contribution is 2.19. The van der Waals surface area contributed by atoms with Gasteiger partial charge in [-0.3, -0.25) is 4.72 Å². The number of nitrogens with one attached hydrogen (secondary N) is 2. The second kappa shape index (κ2) is 6.59. The van der Waals surface area contributed by atoms with E-state index in [1.54, 1.807) is 0 Å². The minimum absolute atomic E-state index is 0.187. The van der Waals surface area contributed by atoms with Gasteiger partial charge >= 0.3 is 0 Å². The molecule has 0 aliphatic heterocycles. The molecule has 1 aliphatic carbocycles. The van der Waals surface area contributed by atoms with Crippen LogP contribution >= 0.6 is 0 Å². The largest absolute Gasteiger partial charge is 0.314 e. The molecule has 112 valence electrons. The fourth-order valence-corrected chi connectivity index (χ4v) is 3.41. The van der Waals surface area contributed by atoms with Crippen molar-refractivity contribution < 1.29 is 8.42 Å². The van der Waals surface area contributed by atoms with Gasteiger partial charge in [0, 0.05) is 6.04 Å². The lowest BCUT2D eigenvalue weighted by Gasteiger charge is -2.11. The van der Waals surface area contributed by atoms with Gasteiger partial charge in [0.25, 0.3) is 0 Å². The molecule has 0 atom stereocenters. The third-order valence-electron chi connectivity index (χ3n) is 3.50. The van der Waals surface area contributed by atoms with Crippen molar-refractivity contribution in [2.45, 2.75) is 45.6 Å². The van der Waals surface area contributed by atoms with Crippen LogP contribution in [0.25, 0.3) is 0 Å². The fraction of sp³-hybridized carbons (Fsp3) is 0.600. The van der Waals surface area contributed by atoms with Crippen molar-refractivity contribution in [2.75, 3.05) is 17.0 Å². The summed E-state index contributed by atoms with van der Waals surface area (Å²) in [7, 11) is -3.23. The molecule has 1 aromatic carbocycles. The third kappa shape index (κ3) is 5.13. The smallest absolute Gasteiger partial charge is 0.232 e. The summed E-state index contributed by atoms with van der Waals surface area (Å²) in [6.45, 7) is 4.84. The monoisotopic (exact) mass is 296 g/mol. The Morgan fingerprint density at radius 2 is 1.95 bits per heavy atom. The Bertz CT molecular complexity index is 551. The van der Waals surface area contributed by atoms with Crippen LogP contribution in [0, 0.1) is 13.8 Å². The molecule has 2 N–H and O–H groups in total. The van der Waals surface area contributed by atoms with Crippen LogP contribution in [-0.4, -0.2) is 26.8 Å². The van der Waals surface area contributed by atoms with Crippen LogP contribution in [0.2, 0.25) is 0 Å². The minimum Gasteiger partial charge on any atom is -0.314 e. The van der Waals surface area contributed by atoms with Crippen LogP contribution in [-0.2, 0) is 10.0 Å². The number of rotatable bonds is 8. The van der Waals surface area contributed by atoms with Gasteiger partial charge in [-0.05, 0) is 57.7 Å². The number of aryl methyl sites for hydroxylation is 2. The highest BCUT2D eigenvalue weighted by molar-refractivity contribution is 7.92. The van der Waals surface area contributed by atoms with Gasteiger partial charge in [-0.2, -0.15) is 0 Å². The first kappa shape index (κ1) is 15.3. The minimum atomic E-state index is -3.23. The van der Waals surface area contributed by atoms with Crippen LogP contribution in [0.4, 0.5) is 5.69 Å². The van der Waals surface area contributed by atoms with Gasteiger partial charge < -0.3 is 5.32 Å². The Balaban J connectivity index is 1.77. The van der Waals surface area contributed by atoms with E-state index in [1.165, 1.54) is 12.8 Å². The van der Waals surface area contributed by atoms with Crippen molar-refractivity contribution in [1.29, 1.82) is 0 Å². The van der Waals surface area contributed by atoms with E-state index in [1.807, 2.05) is 32.0 Å². The summed E-state index contributed by atoms with van der Waals surface area (Å²) >= 11 is 0. The topological polar surface area (TPSA) is 58.2 Å². The molecule has 1 saturated carbocycles. The van der Waals surface area contributed by atoms with Gasteiger partial charge in [0.15, 0.2) is 0 Å². The maximum Gasteiger partial charge on any atom is 0.232 e. The molecule has 1 aliphatic rings. The van der Waals surface area contributed by atoms with E-state index in [9.17, 15) is 8.42 Å². The number of hydrogen-bond donors (Lipinski definition) is 2. The molecule has 0 spiro atoms. The molecule has 0 radical (unpaired) electrons. The molecule has 20 heavy (non-hydrogen) atoms. The number of benzene rings is 1. The number of hydrogen-bond acceptors (Lipinski definition) is 3. The lowest BCUT2D eigenvalue weighted by Crippen LogP contribution is -2.20. The third-order valence-corrected chi connectivity index (χ3v) is 4.85. The standard InChI is InChI=1S/C15H24N2O2S/c1-12-5-8-15(13(2)11-12)17-20(18,19)10-4-3-9-16-14-6-7-14/h5,8,11,14,16-17H,3-4,6-7,9-10H2,1-2H3. The molecule has 0 saturated heterocycles. The molecule has 2 rings (SSSR count). The maximum absolute atomic E-state index is 12.0. The quantitative estimate of drug-likeness (QED) is 0.725. The Hall–Kier alpha value is -1.07. The summed E-state index contributed by atoms with van der Waals surface area (Å²) in [4.78, 5) is 0. The maximum atomic E-state index is 12.0. The SMILES string of the molecule is Cc1ccc(NS(=O)(=O)CCCCNC2CC2)c(C)c1. The Morgan fingerprint density at radius 1 is 1.20 bits per heavy atom.